The largest absolute Gasteiger partial charge is 0.459 e. The van der Waals surface area contributed by atoms with E-state index < -0.39 is 10.9 Å². The Morgan fingerprint density at radius 3 is 2.81 bits per heavy atom. The summed E-state index contributed by atoms with van der Waals surface area (Å²) in [5.74, 6) is -0.582. The fraction of sp³-hybridized carbons (Fsp3) is 0.350. The van der Waals surface area contributed by atoms with Gasteiger partial charge < -0.3 is 9.47 Å². The van der Waals surface area contributed by atoms with Crippen molar-refractivity contribution in [3.05, 3.63) is 75.3 Å². The molecule has 1 aliphatic heterocycles. The van der Waals surface area contributed by atoms with Gasteiger partial charge in [-0.1, -0.05) is 36.4 Å². The highest BCUT2D eigenvalue weighted by molar-refractivity contribution is 5.90. The van der Waals surface area contributed by atoms with E-state index in [1.165, 1.54) is 17.7 Å². The Morgan fingerprint density at radius 1 is 1.30 bits per heavy atom. The second-order valence-corrected chi connectivity index (χ2v) is 6.57. The fourth-order valence-electron chi connectivity index (χ4n) is 3.05. The number of hydrogen-bond donors (Lipinski definition) is 0. The first-order valence-corrected chi connectivity index (χ1v) is 8.83. The lowest BCUT2D eigenvalue weighted by Crippen LogP contribution is -2.44. The van der Waals surface area contributed by atoms with Gasteiger partial charge in [0.2, 0.25) is 0 Å². The average Bonchev–Trinajstić information content (AvgIpc) is 2.67. The third kappa shape index (κ3) is 5.12. The number of nitrogens with zero attached hydrogens (tertiary/aromatic N) is 2. The van der Waals surface area contributed by atoms with E-state index in [1.54, 1.807) is 13.0 Å². The van der Waals surface area contributed by atoms with Crippen LogP contribution in [0.2, 0.25) is 0 Å². The first-order valence-electron chi connectivity index (χ1n) is 8.83. The molecular weight excluding hydrogens is 348 g/mol. The zero-order valence-electron chi connectivity index (χ0n) is 15.2. The highest BCUT2D eigenvalue weighted by Crippen LogP contribution is 2.20. The number of esters is 1. The molecule has 1 saturated heterocycles. The number of rotatable bonds is 6. The summed E-state index contributed by atoms with van der Waals surface area (Å²) in [7, 11) is 0. The minimum Gasteiger partial charge on any atom is -0.459 e. The van der Waals surface area contributed by atoms with Gasteiger partial charge in [-0.05, 0) is 18.6 Å². The minimum atomic E-state index is -0.582. The van der Waals surface area contributed by atoms with Gasteiger partial charge in [0.05, 0.1) is 17.1 Å². The van der Waals surface area contributed by atoms with Crippen molar-refractivity contribution in [2.24, 2.45) is 0 Å². The molecule has 1 atom stereocenters. The number of hydrogen-bond acceptors (Lipinski definition) is 6. The molecule has 0 spiro atoms. The zero-order chi connectivity index (χ0) is 19.2. The molecular formula is C20H22N2O5. The number of carbonyl (C=O) groups is 1. The first-order chi connectivity index (χ1) is 13.0. The monoisotopic (exact) mass is 370 g/mol. The lowest BCUT2D eigenvalue weighted by molar-refractivity contribution is -0.385. The van der Waals surface area contributed by atoms with Crippen LogP contribution in [0.15, 0.2) is 48.5 Å². The van der Waals surface area contributed by atoms with Crippen LogP contribution in [0, 0.1) is 17.0 Å². The molecule has 3 rings (SSSR count). The summed E-state index contributed by atoms with van der Waals surface area (Å²) in [4.78, 5) is 25.0. The predicted octanol–water partition coefficient (Wildman–Crippen LogP) is 2.96. The van der Waals surface area contributed by atoms with E-state index in [0.29, 0.717) is 18.7 Å². The Bertz CT molecular complexity index is 809. The second kappa shape index (κ2) is 8.75. The van der Waals surface area contributed by atoms with Gasteiger partial charge in [-0.3, -0.25) is 15.0 Å². The molecule has 0 radical (unpaired) electrons. The molecule has 7 nitrogen and oxygen atoms in total. The van der Waals surface area contributed by atoms with Gasteiger partial charge in [0, 0.05) is 31.3 Å². The molecule has 0 aliphatic carbocycles. The van der Waals surface area contributed by atoms with E-state index in [-0.39, 0.29) is 24.0 Å². The number of aryl methyl sites for hydroxylation is 1. The first kappa shape index (κ1) is 19.0. The molecule has 1 unspecified atom stereocenters. The molecule has 1 aliphatic rings. The molecule has 0 saturated carbocycles. The zero-order valence-corrected chi connectivity index (χ0v) is 15.2. The maximum Gasteiger partial charge on any atom is 0.338 e. The van der Waals surface area contributed by atoms with E-state index >= 15 is 0 Å². The summed E-state index contributed by atoms with van der Waals surface area (Å²) in [6.07, 6.45) is -0.216. The van der Waals surface area contributed by atoms with Crippen LogP contribution < -0.4 is 0 Å². The molecule has 7 heteroatoms. The maximum absolute atomic E-state index is 12.2. The number of carbonyl (C=O) groups excluding carboxylic acids is 1. The Labute approximate surface area is 157 Å². The third-order valence-corrected chi connectivity index (χ3v) is 4.51. The van der Waals surface area contributed by atoms with Crippen molar-refractivity contribution in [1.82, 2.24) is 4.90 Å². The summed E-state index contributed by atoms with van der Waals surface area (Å²) < 4.78 is 11.0. The lowest BCUT2D eigenvalue weighted by atomic mass is 10.1. The van der Waals surface area contributed by atoms with Crippen molar-refractivity contribution in [2.45, 2.75) is 19.6 Å². The van der Waals surface area contributed by atoms with Gasteiger partial charge in [0.15, 0.2) is 0 Å². The van der Waals surface area contributed by atoms with Crippen LogP contribution in [-0.4, -0.2) is 48.2 Å². The van der Waals surface area contributed by atoms with E-state index in [4.69, 9.17) is 9.47 Å². The predicted molar refractivity (Wildman–Crippen MR) is 99.6 cm³/mol. The van der Waals surface area contributed by atoms with Crippen molar-refractivity contribution in [3.8, 4) is 0 Å². The van der Waals surface area contributed by atoms with Gasteiger partial charge in [0.25, 0.3) is 5.69 Å². The second-order valence-electron chi connectivity index (χ2n) is 6.57. The number of nitro groups is 1. The van der Waals surface area contributed by atoms with Crippen LogP contribution in [0.25, 0.3) is 0 Å². The highest BCUT2D eigenvalue weighted by atomic mass is 16.6. The van der Waals surface area contributed by atoms with Gasteiger partial charge in [0.1, 0.15) is 12.7 Å². The van der Waals surface area contributed by atoms with Crippen molar-refractivity contribution < 1.29 is 19.2 Å². The van der Waals surface area contributed by atoms with Gasteiger partial charge in [-0.15, -0.1) is 0 Å². The number of nitro benzene ring substituents is 1. The molecule has 2 aromatic carbocycles. The molecule has 0 amide bonds. The molecule has 2 aromatic rings. The van der Waals surface area contributed by atoms with Gasteiger partial charge >= 0.3 is 5.97 Å². The standard InChI is InChI=1S/C20H22N2O5/c1-15-7-8-17(11-19(15)22(24)25)20(23)27-14-18-13-21(9-10-26-18)12-16-5-3-2-4-6-16/h2-8,11,18H,9-10,12-14H2,1H3. The topological polar surface area (TPSA) is 81.9 Å². The fourth-order valence-corrected chi connectivity index (χ4v) is 3.05. The van der Waals surface area contributed by atoms with E-state index in [1.807, 2.05) is 18.2 Å². The molecule has 0 N–H and O–H groups in total. The maximum atomic E-state index is 12.2. The van der Waals surface area contributed by atoms with E-state index in [0.717, 1.165) is 13.1 Å². The molecule has 142 valence electrons. The highest BCUT2D eigenvalue weighted by Gasteiger charge is 2.23. The summed E-state index contributed by atoms with van der Waals surface area (Å²) in [5, 5.41) is 11.0. The number of morpholine rings is 1. The van der Waals surface area contributed by atoms with Crippen LogP contribution in [0.1, 0.15) is 21.5 Å². The molecule has 27 heavy (non-hydrogen) atoms. The Hall–Kier alpha value is -2.77. The summed E-state index contributed by atoms with van der Waals surface area (Å²) >= 11 is 0. The Balaban J connectivity index is 1.54. The van der Waals surface area contributed by atoms with Crippen molar-refractivity contribution in [3.63, 3.8) is 0 Å². The van der Waals surface area contributed by atoms with Crippen molar-refractivity contribution in [1.29, 1.82) is 0 Å². The van der Waals surface area contributed by atoms with Crippen LogP contribution in [0.5, 0.6) is 0 Å². The smallest absolute Gasteiger partial charge is 0.338 e. The van der Waals surface area contributed by atoms with Crippen LogP contribution in [-0.2, 0) is 16.0 Å². The van der Waals surface area contributed by atoms with Gasteiger partial charge in [-0.25, -0.2) is 4.79 Å². The van der Waals surface area contributed by atoms with Crippen LogP contribution >= 0.6 is 0 Å². The summed E-state index contributed by atoms with van der Waals surface area (Å²) in [6.45, 7) is 4.62. The molecule has 1 heterocycles. The van der Waals surface area contributed by atoms with Crippen molar-refractivity contribution in [2.75, 3.05) is 26.3 Å². The Morgan fingerprint density at radius 2 is 2.07 bits per heavy atom. The normalized spacial score (nSPS) is 17.4. The molecule has 1 fully saturated rings. The molecule has 0 aromatic heterocycles. The quantitative estimate of drug-likeness (QED) is 0.442. The Kier molecular flexibility index (Phi) is 6.16. The average molecular weight is 370 g/mol. The minimum absolute atomic E-state index is 0.0904. The van der Waals surface area contributed by atoms with E-state index in [9.17, 15) is 14.9 Å². The lowest BCUT2D eigenvalue weighted by Gasteiger charge is -2.32. The van der Waals surface area contributed by atoms with Gasteiger partial charge in [-0.2, -0.15) is 0 Å². The third-order valence-electron chi connectivity index (χ3n) is 4.51. The molecule has 0 bridgehead atoms. The number of benzene rings is 2. The number of ether oxygens (including phenoxy) is 2. The van der Waals surface area contributed by atoms with Crippen LogP contribution in [0.3, 0.4) is 0 Å². The van der Waals surface area contributed by atoms with Crippen molar-refractivity contribution >= 4 is 11.7 Å². The summed E-state index contributed by atoms with van der Waals surface area (Å²) in [5.41, 5.74) is 1.81. The SMILES string of the molecule is Cc1ccc(C(=O)OCC2CN(Cc3ccccc3)CCO2)cc1[N+](=O)[O-]. The van der Waals surface area contributed by atoms with Crippen LogP contribution in [0.4, 0.5) is 5.69 Å². The summed E-state index contributed by atoms with van der Waals surface area (Å²) in [6, 6.07) is 14.5. The van der Waals surface area contributed by atoms with E-state index in [2.05, 4.69) is 17.0 Å².